The summed E-state index contributed by atoms with van der Waals surface area (Å²) in [5.41, 5.74) is 6.53. The SMILES string of the molecule is NC1=Cc2ccc([N+](=O)[O-])cc2SN1. The molecule has 2 rings (SSSR count). The summed E-state index contributed by atoms with van der Waals surface area (Å²) in [6.07, 6.45) is 1.75. The van der Waals surface area contributed by atoms with Crippen LogP contribution in [0.1, 0.15) is 5.56 Å². The van der Waals surface area contributed by atoms with E-state index < -0.39 is 4.92 Å². The van der Waals surface area contributed by atoms with E-state index in [0.29, 0.717) is 5.82 Å². The third-order valence-corrected chi connectivity index (χ3v) is 2.71. The molecule has 0 radical (unpaired) electrons. The van der Waals surface area contributed by atoms with Crippen LogP contribution in [0.25, 0.3) is 6.08 Å². The Hall–Kier alpha value is -1.69. The number of fused-ring (bicyclic) bond motifs is 1. The van der Waals surface area contributed by atoms with Gasteiger partial charge >= 0.3 is 0 Å². The molecule has 1 aliphatic heterocycles. The minimum absolute atomic E-state index is 0.0897. The van der Waals surface area contributed by atoms with Crippen molar-refractivity contribution in [3.05, 3.63) is 39.7 Å². The second-order valence-electron chi connectivity index (χ2n) is 2.78. The van der Waals surface area contributed by atoms with Gasteiger partial charge in [-0.25, -0.2) is 0 Å². The van der Waals surface area contributed by atoms with Gasteiger partial charge in [0.2, 0.25) is 0 Å². The molecular weight excluding hydrogens is 202 g/mol. The molecule has 14 heavy (non-hydrogen) atoms. The van der Waals surface area contributed by atoms with Crippen molar-refractivity contribution in [1.82, 2.24) is 4.72 Å². The molecule has 0 aromatic heterocycles. The van der Waals surface area contributed by atoms with E-state index in [0.717, 1.165) is 10.5 Å². The Morgan fingerprint density at radius 2 is 2.29 bits per heavy atom. The first-order valence-corrected chi connectivity index (χ1v) is 4.67. The van der Waals surface area contributed by atoms with Gasteiger partial charge in [-0.1, -0.05) is 0 Å². The molecule has 1 aromatic rings. The van der Waals surface area contributed by atoms with Crippen LogP contribution >= 0.6 is 11.9 Å². The molecular formula is C8H7N3O2S. The molecule has 6 heteroatoms. The van der Waals surface area contributed by atoms with E-state index in [9.17, 15) is 10.1 Å². The lowest BCUT2D eigenvalue weighted by molar-refractivity contribution is -0.385. The summed E-state index contributed by atoms with van der Waals surface area (Å²) in [5, 5.41) is 10.5. The minimum Gasteiger partial charge on any atom is -0.385 e. The lowest BCUT2D eigenvalue weighted by atomic mass is 10.2. The first kappa shape index (κ1) is 8.89. The predicted molar refractivity (Wildman–Crippen MR) is 54.3 cm³/mol. The van der Waals surface area contributed by atoms with Crippen LogP contribution in [-0.4, -0.2) is 4.92 Å². The molecule has 0 fully saturated rings. The van der Waals surface area contributed by atoms with Gasteiger partial charge in [0.1, 0.15) is 5.82 Å². The highest BCUT2D eigenvalue weighted by Crippen LogP contribution is 2.29. The van der Waals surface area contributed by atoms with Gasteiger partial charge in [-0.05, 0) is 29.7 Å². The third-order valence-electron chi connectivity index (χ3n) is 1.80. The first-order valence-electron chi connectivity index (χ1n) is 3.85. The smallest absolute Gasteiger partial charge is 0.270 e. The molecule has 0 aliphatic carbocycles. The van der Waals surface area contributed by atoms with Crippen LogP contribution in [0.2, 0.25) is 0 Å². The fourth-order valence-corrected chi connectivity index (χ4v) is 1.87. The zero-order valence-electron chi connectivity index (χ0n) is 7.06. The Labute approximate surface area is 84.3 Å². The number of nitrogens with one attached hydrogen (secondary N) is 1. The monoisotopic (exact) mass is 209 g/mol. The molecule has 72 valence electrons. The van der Waals surface area contributed by atoms with Gasteiger partial charge in [0.05, 0.1) is 4.92 Å². The number of benzene rings is 1. The lowest BCUT2D eigenvalue weighted by Gasteiger charge is -2.13. The number of nitro groups is 1. The number of hydrogen-bond donors (Lipinski definition) is 2. The summed E-state index contributed by atoms with van der Waals surface area (Å²) in [4.78, 5) is 10.9. The Bertz CT molecular complexity index is 431. The molecule has 0 spiro atoms. The van der Waals surface area contributed by atoms with Gasteiger partial charge in [-0.2, -0.15) is 0 Å². The van der Waals surface area contributed by atoms with Gasteiger partial charge in [0, 0.05) is 17.0 Å². The maximum absolute atomic E-state index is 10.5. The Morgan fingerprint density at radius 1 is 1.50 bits per heavy atom. The van der Waals surface area contributed by atoms with E-state index in [1.54, 1.807) is 12.1 Å². The fraction of sp³-hybridized carbons (Fsp3) is 0. The van der Waals surface area contributed by atoms with Crippen molar-refractivity contribution in [2.24, 2.45) is 5.73 Å². The minimum atomic E-state index is -0.414. The van der Waals surface area contributed by atoms with Crippen molar-refractivity contribution in [1.29, 1.82) is 0 Å². The van der Waals surface area contributed by atoms with Crippen molar-refractivity contribution in [2.45, 2.75) is 4.90 Å². The number of rotatable bonds is 1. The summed E-state index contributed by atoms with van der Waals surface area (Å²) >= 11 is 1.28. The van der Waals surface area contributed by atoms with E-state index in [4.69, 9.17) is 5.73 Å². The van der Waals surface area contributed by atoms with E-state index in [2.05, 4.69) is 4.72 Å². The van der Waals surface area contributed by atoms with Gasteiger partial charge in [0.15, 0.2) is 0 Å². The Morgan fingerprint density at radius 3 is 3.00 bits per heavy atom. The molecule has 3 N–H and O–H groups in total. The summed E-state index contributed by atoms with van der Waals surface area (Å²) in [7, 11) is 0. The molecule has 0 saturated carbocycles. The van der Waals surface area contributed by atoms with Gasteiger partial charge in [-0.15, -0.1) is 0 Å². The van der Waals surface area contributed by atoms with Crippen LogP contribution in [0.5, 0.6) is 0 Å². The van der Waals surface area contributed by atoms with E-state index in [1.807, 2.05) is 0 Å². The zero-order valence-corrected chi connectivity index (χ0v) is 7.88. The number of nitro benzene ring substituents is 1. The standard InChI is InChI=1S/C8H7N3O2S/c9-8-3-5-1-2-6(11(12)13)4-7(5)14-10-8/h1-4,10H,9H2. The Kier molecular flexibility index (Phi) is 2.05. The summed E-state index contributed by atoms with van der Waals surface area (Å²) < 4.78 is 2.84. The average molecular weight is 209 g/mol. The largest absolute Gasteiger partial charge is 0.385 e. The molecule has 1 aliphatic rings. The maximum atomic E-state index is 10.5. The summed E-state index contributed by atoms with van der Waals surface area (Å²) in [5.74, 6) is 0.552. The zero-order chi connectivity index (χ0) is 10.1. The quantitative estimate of drug-likeness (QED) is 0.415. The molecule has 5 nitrogen and oxygen atoms in total. The normalized spacial score (nSPS) is 13.9. The predicted octanol–water partition coefficient (Wildman–Crippen LogP) is 1.46. The second kappa shape index (κ2) is 3.22. The van der Waals surface area contributed by atoms with Crippen LogP contribution in [0.4, 0.5) is 5.69 Å². The van der Waals surface area contributed by atoms with Gasteiger partial charge in [-0.3, -0.25) is 10.1 Å². The molecule has 1 aromatic carbocycles. The van der Waals surface area contributed by atoms with Crippen molar-refractivity contribution in [3.63, 3.8) is 0 Å². The topological polar surface area (TPSA) is 81.2 Å². The third kappa shape index (κ3) is 1.51. The van der Waals surface area contributed by atoms with Gasteiger partial charge < -0.3 is 10.5 Å². The number of hydrogen-bond acceptors (Lipinski definition) is 5. The lowest BCUT2D eigenvalue weighted by Crippen LogP contribution is -2.15. The number of non-ortho nitro benzene ring substituents is 1. The summed E-state index contributed by atoms with van der Waals surface area (Å²) in [6.45, 7) is 0. The molecule has 0 saturated heterocycles. The molecule has 0 unspecified atom stereocenters. The molecule has 0 atom stereocenters. The van der Waals surface area contributed by atoms with Crippen LogP contribution < -0.4 is 10.5 Å². The van der Waals surface area contributed by atoms with Crippen molar-refractivity contribution in [3.8, 4) is 0 Å². The van der Waals surface area contributed by atoms with Crippen LogP contribution in [0, 0.1) is 10.1 Å². The van der Waals surface area contributed by atoms with E-state index >= 15 is 0 Å². The second-order valence-corrected chi connectivity index (χ2v) is 3.63. The first-order chi connectivity index (χ1) is 6.66. The van der Waals surface area contributed by atoms with Crippen LogP contribution in [0.15, 0.2) is 28.9 Å². The van der Waals surface area contributed by atoms with Crippen molar-refractivity contribution >= 4 is 23.7 Å². The van der Waals surface area contributed by atoms with E-state index in [-0.39, 0.29) is 5.69 Å². The molecule has 0 bridgehead atoms. The van der Waals surface area contributed by atoms with Gasteiger partial charge in [0.25, 0.3) is 5.69 Å². The molecule has 1 heterocycles. The van der Waals surface area contributed by atoms with Crippen molar-refractivity contribution < 1.29 is 4.92 Å². The van der Waals surface area contributed by atoms with Crippen LogP contribution in [0.3, 0.4) is 0 Å². The molecule has 0 amide bonds. The highest BCUT2D eigenvalue weighted by atomic mass is 32.2. The fourth-order valence-electron chi connectivity index (χ4n) is 1.16. The Balaban J connectivity index is 2.47. The summed E-state index contributed by atoms with van der Waals surface area (Å²) in [6, 6.07) is 4.68. The van der Waals surface area contributed by atoms with Crippen LogP contribution in [-0.2, 0) is 0 Å². The van der Waals surface area contributed by atoms with Crippen molar-refractivity contribution in [2.75, 3.05) is 0 Å². The highest BCUT2D eigenvalue weighted by Gasteiger charge is 2.13. The number of nitrogens with zero attached hydrogens (tertiary/aromatic N) is 1. The highest BCUT2D eigenvalue weighted by molar-refractivity contribution is 7.97. The average Bonchev–Trinajstić information content (AvgIpc) is 2.16. The number of nitrogens with two attached hydrogens (primary N) is 1. The van der Waals surface area contributed by atoms with E-state index in [1.165, 1.54) is 24.1 Å². The maximum Gasteiger partial charge on any atom is 0.270 e.